The Hall–Kier alpha value is -2.77. The van der Waals surface area contributed by atoms with Gasteiger partial charge in [0.05, 0.1) is 17.8 Å². The molecule has 3 rings (SSSR count). The number of carbonyl (C=O) groups excluding carboxylic acids is 2. The highest BCUT2D eigenvalue weighted by molar-refractivity contribution is 5.97. The predicted octanol–water partition coefficient (Wildman–Crippen LogP) is 1.25. The number of likely N-dealkylation sites (tertiary alicyclic amines) is 1. The maximum absolute atomic E-state index is 12.4. The minimum Gasteiger partial charge on any atom is -0.337 e. The van der Waals surface area contributed by atoms with Crippen LogP contribution in [0.5, 0.6) is 0 Å². The van der Waals surface area contributed by atoms with Gasteiger partial charge in [0.15, 0.2) is 0 Å². The van der Waals surface area contributed by atoms with Gasteiger partial charge in [-0.25, -0.2) is 4.98 Å². The molecule has 8 heteroatoms. The Labute approximate surface area is 139 Å². The van der Waals surface area contributed by atoms with Crippen LogP contribution in [0.2, 0.25) is 0 Å². The predicted molar refractivity (Wildman–Crippen MR) is 87.4 cm³/mol. The lowest BCUT2D eigenvalue weighted by molar-refractivity contribution is -0.131. The number of anilines is 1. The number of amides is 2. The van der Waals surface area contributed by atoms with Crippen molar-refractivity contribution >= 4 is 17.5 Å². The highest BCUT2D eigenvalue weighted by Crippen LogP contribution is 2.26. The van der Waals surface area contributed by atoms with Gasteiger partial charge < -0.3 is 10.2 Å². The average Bonchev–Trinajstić information content (AvgIpc) is 3.16. The van der Waals surface area contributed by atoms with Crippen LogP contribution in [0, 0.1) is 5.92 Å². The van der Waals surface area contributed by atoms with Gasteiger partial charge in [-0.3, -0.25) is 14.2 Å². The summed E-state index contributed by atoms with van der Waals surface area (Å²) in [6.45, 7) is 6.36. The summed E-state index contributed by atoms with van der Waals surface area (Å²) >= 11 is 0. The molecule has 3 heterocycles. The zero-order valence-corrected chi connectivity index (χ0v) is 13.9. The van der Waals surface area contributed by atoms with E-state index in [4.69, 9.17) is 0 Å². The molecule has 0 radical (unpaired) electrons. The van der Waals surface area contributed by atoms with E-state index >= 15 is 0 Å². The van der Waals surface area contributed by atoms with E-state index in [-0.39, 0.29) is 29.7 Å². The van der Waals surface area contributed by atoms with Crippen LogP contribution in [0.4, 0.5) is 5.69 Å². The van der Waals surface area contributed by atoms with Gasteiger partial charge in [0.2, 0.25) is 11.8 Å². The first kappa shape index (κ1) is 16.1. The number of hydrogen-bond donors (Lipinski definition) is 1. The molecule has 1 aliphatic heterocycles. The first-order chi connectivity index (χ1) is 11.3. The van der Waals surface area contributed by atoms with Crippen LogP contribution in [0.25, 0.3) is 5.82 Å². The Balaban J connectivity index is 1.64. The quantitative estimate of drug-likeness (QED) is 0.915. The van der Waals surface area contributed by atoms with Gasteiger partial charge >= 0.3 is 0 Å². The molecule has 0 aliphatic carbocycles. The lowest BCUT2D eigenvalue weighted by atomic mass is 10.1. The van der Waals surface area contributed by atoms with E-state index in [2.05, 4.69) is 20.5 Å². The highest BCUT2D eigenvalue weighted by atomic mass is 16.2. The van der Waals surface area contributed by atoms with Crippen molar-refractivity contribution in [3.8, 4) is 5.82 Å². The summed E-state index contributed by atoms with van der Waals surface area (Å²) in [5.41, 5.74) is 0.326. The summed E-state index contributed by atoms with van der Waals surface area (Å²) in [5, 5.41) is 10.3. The van der Waals surface area contributed by atoms with Gasteiger partial charge in [-0.05, 0) is 32.9 Å². The Bertz CT molecular complexity index is 733. The van der Waals surface area contributed by atoms with Crippen molar-refractivity contribution in [2.75, 3.05) is 11.9 Å². The summed E-state index contributed by atoms with van der Waals surface area (Å²) < 4.78 is 1.67. The molecule has 0 aromatic carbocycles. The molecule has 126 valence electrons. The van der Waals surface area contributed by atoms with Crippen LogP contribution in [-0.4, -0.2) is 48.5 Å². The second-order valence-corrected chi connectivity index (χ2v) is 6.84. The summed E-state index contributed by atoms with van der Waals surface area (Å²) in [4.78, 5) is 30.5. The number of carbonyl (C=O) groups is 2. The number of nitrogens with one attached hydrogen (secondary N) is 1. The Morgan fingerprint density at radius 1 is 1.25 bits per heavy atom. The number of pyridine rings is 1. The van der Waals surface area contributed by atoms with Gasteiger partial charge in [-0.15, -0.1) is 10.2 Å². The van der Waals surface area contributed by atoms with Crippen LogP contribution in [0.15, 0.2) is 31.0 Å². The minimum atomic E-state index is -0.339. The Kier molecular flexibility index (Phi) is 4.04. The van der Waals surface area contributed by atoms with Crippen LogP contribution < -0.4 is 5.32 Å². The smallest absolute Gasteiger partial charge is 0.229 e. The molecule has 0 saturated carbocycles. The normalized spacial score (nSPS) is 18.0. The number of hydrogen-bond acceptors (Lipinski definition) is 5. The maximum atomic E-state index is 12.4. The van der Waals surface area contributed by atoms with E-state index in [1.54, 1.807) is 40.5 Å². The molecule has 1 aliphatic rings. The lowest BCUT2D eigenvalue weighted by Gasteiger charge is -2.31. The van der Waals surface area contributed by atoms with Crippen molar-refractivity contribution in [2.45, 2.75) is 32.7 Å². The van der Waals surface area contributed by atoms with Crippen LogP contribution in [0.3, 0.4) is 0 Å². The fraction of sp³-hybridized carbons (Fsp3) is 0.438. The van der Waals surface area contributed by atoms with Gasteiger partial charge in [-0.2, -0.15) is 0 Å². The van der Waals surface area contributed by atoms with Crippen LogP contribution >= 0.6 is 0 Å². The van der Waals surface area contributed by atoms with Gasteiger partial charge in [0.25, 0.3) is 0 Å². The van der Waals surface area contributed by atoms with Crippen LogP contribution in [-0.2, 0) is 9.59 Å². The zero-order chi connectivity index (χ0) is 17.3. The number of aromatic nitrogens is 4. The summed E-state index contributed by atoms with van der Waals surface area (Å²) in [6.07, 6.45) is 4.92. The molecular formula is C16H20N6O2. The molecule has 1 atom stereocenters. The second kappa shape index (κ2) is 6.03. The molecule has 2 amide bonds. The van der Waals surface area contributed by atoms with E-state index in [1.165, 1.54) is 0 Å². The zero-order valence-electron chi connectivity index (χ0n) is 13.9. The van der Waals surface area contributed by atoms with Crippen molar-refractivity contribution in [1.82, 2.24) is 24.6 Å². The number of nitrogens with zero attached hydrogens (tertiary/aromatic N) is 5. The Morgan fingerprint density at radius 2 is 1.96 bits per heavy atom. The third kappa shape index (κ3) is 3.27. The van der Waals surface area contributed by atoms with E-state index in [9.17, 15) is 9.59 Å². The topological polar surface area (TPSA) is 93.0 Å². The Morgan fingerprint density at radius 3 is 2.50 bits per heavy atom. The minimum absolute atomic E-state index is 0.0173. The highest BCUT2D eigenvalue weighted by Gasteiger charge is 2.39. The SMILES string of the molecule is CC(C)(C)N1CC(C(=O)Nc2ccc(-n3cnnc3)nc2)CC1=O. The van der Waals surface area contributed by atoms with Crippen molar-refractivity contribution in [3.05, 3.63) is 31.0 Å². The van der Waals surface area contributed by atoms with Crippen molar-refractivity contribution < 1.29 is 9.59 Å². The molecule has 1 fully saturated rings. The maximum Gasteiger partial charge on any atom is 0.229 e. The number of rotatable bonds is 3. The lowest BCUT2D eigenvalue weighted by Crippen LogP contribution is -2.42. The van der Waals surface area contributed by atoms with Crippen molar-refractivity contribution in [1.29, 1.82) is 0 Å². The molecule has 0 spiro atoms. The summed E-state index contributed by atoms with van der Waals surface area (Å²) in [7, 11) is 0. The molecule has 0 bridgehead atoms. The third-order valence-electron chi connectivity index (χ3n) is 4.00. The summed E-state index contributed by atoms with van der Waals surface area (Å²) in [6, 6.07) is 3.53. The second-order valence-electron chi connectivity index (χ2n) is 6.84. The molecule has 8 nitrogen and oxygen atoms in total. The fourth-order valence-corrected chi connectivity index (χ4v) is 2.71. The van der Waals surface area contributed by atoms with E-state index < -0.39 is 0 Å². The van der Waals surface area contributed by atoms with Gasteiger partial charge in [-0.1, -0.05) is 0 Å². The van der Waals surface area contributed by atoms with Crippen LogP contribution in [0.1, 0.15) is 27.2 Å². The first-order valence-corrected chi connectivity index (χ1v) is 7.77. The van der Waals surface area contributed by atoms with E-state index in [1.807, 2.05) is 20.8 Å². The van der Waals surface area contributed by atoms with Gasteiger partial charge in [0.1, 0.15) is 18.5 Å². The monoisotopic (exact) mass is 328 g/mol. The molecule has 1 saturated heterocycles. The van der Waals surface area contributed by atoms with Crippen molar-refractivity contribution in [2.24, 2.45) is 5.92 Å². The molecule has 2 aromatic heterocycles. The van der Waals surface area contributed by atoms with E-state index in [0.29, 0.717) is 18.1 Å². The standard InChI is InChI=1S/C16H20N6O2/c1-16(2,3)22-8-11(6-14(22)23)15(24)20-12-4-5-13(17-7-12)21-9-18-19-10-21/h4-5,7,9-11H,6,8H2,1-3H3,(H,20,24). The first-order valence-electron chi connectivity index (χ1n) is 7.77. The molecule has 2 aromatic rings. The molecule has 1 unspecified atom stereocenters. The largest absolute Gasteiger partial charge is 0.337 e. The fourth-order valence-electron chi connectivity index (χ4n) is 2.71. The summed E-state index contributed by atoms with van der Waals surface area (Å²) in [5.74, 6) is 0.180. The molecular weight excluding hydrogens is 308 g/mol. The van der Waals surface area contributed by atoms with E-state index in [0.717, 1.165) is 0 Å². The third-order valence-corrected chi connectivity index (χ3v) is 4.00. The van der Waals surface area contributed by atoms with Crippen molar-refractivity contribution in [3.63, 3.8) is 0 Å². The molecule has 1 N–H and O–H groups in total. The average molecular weight is 328 g/mol. The van der Waals surface area contributed by atoms with Gasteiger partial charge in [0, 0.05) is 18.5 Å². The molecule has 24 heavy (non-hydrogen) atoms.